The van der Waals surface area contributed by atoms with Crippen LogP contribution in [-0.4, -0.2) is 15.8 Å². The van der Waals surface area contributed by atoms with Crippen LogP contribution < -0.4 is 0 Å². The summed E-state index contributed by atoms with van der Waals surface area (Å²) in [5.41, 5.74) is 1.35. The molecule has 1 N–H and O–H groups in total. The lowest BCUT2D eigenvalue weighted by Crippen LogP contribution is -1.89. The van der Waals surface area contributed by atoms with E-state index in [0.29, 0.717) is 10.7 Å². The first-order chi connectivity index (χ1) is 6.18. The molecule has 0 aliphatic rings. The lowest BCUT2D eigenvalue weighted by Gasteiger charge is -1.89. The van der Waals surface area contributed by atoms with E-state index in [9.17, 15) is 4.79 Å². The van der Waals surface area contributed by atoms with Crippen molar-refractivity contribution in [3.8, 4) is 0 Å². The van der Waals surface area contributed by atoms with Gasteiger partial charge < -0.3 is 4.98 Å². The highest BCUT2D eigenvalue weighted by Gasteiger charge is 2.06. The Hall–Kier alpha value is -1.35. The summed E-state index contributed by atoms with van der Waals surface area (Å²) in [6.45, 7) is 1.51. The molecule has 0 aromatic carbocycles. The molecule has 0 saturated heterocycles. The Bertz CT molecular complexity index is 475. The van der Waals surface area contributed by atoms with Crippen molar-refractivity contribution < 1.29 is 4.79 Å². The molecule has 2 rings (SSSR count). The molecule has 0 aliphatic carbocycles. The topological polar surface area (TPSA) is 45.8 Å². The normalized spacial score (nSPS) is 10.6. The van der Waals surface area contributed by atoms with Crippen molar-refractivity contribution in [3.05, 3.63) is 29.2 Å². The van der Waals surface area contributed by atoms with Gasteiger partial charge in [-0.15, -0.1) is 0 Å². The molecule has 0 atom stereocenters. The molecule has 2 aromatic heterocycles. The molecule has 13 heavy (non-hydrogen) atoms. The van der Waals surface area contributed by atoms with E-state index in [1.165, 1.54) is 6.92 Å². The molecular formula is C9H7ClN2O. The summed E-state index contributed by atoms with van der Waals surface area (Å²) < 4.78 is 0. The monoisotopic (exact) mass is 194 g/mol. The zero-order chi connectivity index (χ0) is 9.42. The molecule has 0 bridgehead atoms. The minimum absolute atomic E-state index is 0.00716. The third-order valence-corrected chi connectivity index (χ3v) is 2.18. The molecule has 0 amide bonds. The third-order valence-electron chi connectivity index (χ3n) is 1.88. The van der Waals surface area contributed by atoms with E-state index in [0.717, 1.165) is 10.9 Å². The van der Waals surface area contributed by atoms with Crippen LogP contribution in [0.5, 0.6) is 0 Å². The van der Waals surface area contributed by atoms with Gasteiger partial charge >= 0.3 is 0 Å². The lowest BCUT2D eigenvalue weighted by molar-refractivity contribution is 0.101. The first kappa shape index (κ1) is 8.26. The van der Waals surface area contributed by atoms with Crippen molar-refractivity contribution >= 4 is 28.3 Å². The zero-order valence-electron chi connectivity index (χ0n) is 6.97. The maximum absolute atomic E-state index is 11.0. The Morgan fingerprint density at radius 1 is 1.54 bits per heavy atom. The number of Topliss-reactive ketones (excluding diaryl/α,β-unsaturated/α-hetero) is 1. The van der Waals surface area contributed by atoms with Gasteiger partial charge in [-0.3, -0.25) is 9.78 Å². The second-order valence-electron chi connectivity index (χ2n) is 2.82. The molecule has 3 nitrogen and oxygen atoms in total. The van der Waals surface area contributed by atoms with Gasteiger partial charge in [-0.1, -0.05) is 11.6 Å². The fourth-order valence-electron chi connectivity index (χ4n) is 1.21. The molecule has 0 unspecified atom stereocenters. The fraction of sp³-hybridized carbons (Fsp3) is 0.111. The number of carbonyl (C=O) groups excluding carboxylic acids is 1. The van der Waals surface area contributed by atoms with Crippen LogP contribution >= 0.6 is 11.6 Å². The minimum Gasteiger partial charge on any atom is -0.351 e. The third kappa shape index (κ3) is 1.31. The maximum atomic E-state index is 11.0. The van der Waals surface area contributed by atoms with Gasteiger partial charge in [0, 0.05) is 18.5 Å². The predicted octanol–water partition coefficient (Wildman–Crippen LogP) is 2.42. The number of aromatic nitrogens is 2. The van der Waals surface area contributed by atoms with Crippen LogP contribution in [0.3, 0.4) is 0 Å². The molecule has 66 valence electrons. The Balaban J connectivity index is 2.75. The van der Waals surface area contributed by atoms with E-state index in [-0.39, 0.29) is 5.78 Å². The van der Waals surface area contributed by atoms with Crippen LogP contribution in [0.2, 0.25) is 5.02 Å². The highest BCUT2D eigenvalue weighted by Crippen LogP contribution is 2.22. The average molecular weight is 195 g/mol. The summed E-state index contributed by atoms with van der Waals surface area (Å²) in [5, 5.41) is 1.39. The summed E-state index contributed by atoms with van der Waals surface area (Å²) >= 11 is 5.88. The molecule has 0 spiro atoms. The van der Waals surface area contributed by atoms with Crippen LogP contribution in [0.25, 0.3) is 10.9 Å². The van der Waals surface area contributed by atoms with E-state index in [1.54, 1.807) is 18.5 Å². The van der Waals surface area contributed by atoms with Crippen LogP contribution in [-0.2, 0) is 0 Å². The van der Waals surface area contributed by atoms with Gasteiger partial charge in [0.2, 0.25) is 0 Å². The molecular weight excluding hydrogens is 188 g/mol. The van der Waals surface area contributed by atoms with Crippen molar-refractivity contribution in [1.82, 2.24) is 9.97 Å². The van der Waals surface area contributed by atoms with E-state index in [4.69, 9.17) is 11.6 Å². The van der Waals surface area contributed by atoms with Gasteiger partial charge in [0.1, 0.15) is 0 Å². The van der Waals surface area contributed by atoms with Crippen LogP contribution in [0.4, 0.5) is 0 Å². The van der Waals surface area contributed by atoms with Gasteiger partial charge in [-0.25, -0.2) is 0 Å². The largest absolute Gasteiger partial charge is 0.351 e. The second kappa shape index (κ2) is 2.85. The number of carbonyl (C=O) groups is 1. The van der Waals surface area contributed by atoms with Crippen LogP contribution in [0.1, 0.15) is 17.4 Å². The number of aromatic amines is 1. The van der Waals surface area contributed by atoms with Gasteiger partial charge in [-0.05, 0) is 6.07 Å². The number of hydrogen-bond donors (Lipinski definition) is 1. The number of hydrogen-bond acceptors (Lipinski definition) is 2. The summed E-state index contributed by atoms with van der Waals surface area (Å²) in [5.74, 6) is -0.00716. The number of nitrogens with one attached hydrogen (secondary N) is 1. The smallest absolute Gasteiger partial charge is 0.175 e. The first-order valence-corrected chi connectivity index (χ1v) is 4.19. The van der Waals surface area contributed by atoms with Gasteiger partial charge in [0.05, 0.1) is 22.4 Å². The van der Waals surface area contributed by atoms with E-state index < -0.39 is 0 Å². The Morgan fingerprint density at radius 3 is 2.92 bits per heavy atom. The van der Waals surface area contributed by atoms with E-state index >= 15 is 0 Å². The minimum atomic E-state index is -0.00716. The number of ketones is 1. The summed E-state index contributed by atoms with van der Waals surface area (Å²) in [7, 11) is 0. The van der Waals surface area contributed by atoms with Crippen LogP contribution in [0.15, 0.2) is 18.5 Å². The Kier molecular flexibility index (Phi) is 1.81. The predicted molar refractivity (Wildman–Crippen MR) is 51.1 cm³/mol. The van der Waals surface area contributed by atoms with Crippen molar-refractivity contribution in [2.75, 3.05) is 0 Å². The van der Waals surface area contributed by atoms with Crippen LogP contribution in [0, 0.1) is 0 Å². The molecule has 0 radical (unpaired) electrons. The average Bonchev–Trinajstić information content (AvgIpc) is 2.49. The summed E-state index contributed by atoms with van der Waals surface area (Å²) in [6, 6.07) is 1.74. The zero-order valence-corrected chi connectivity index (χ0v) is 7.72. The van der Waals surface area contributed by atoms with Crippen molar-refractivity contribution in [1.29, 1.82) is 0 Å². The highest BCUT2D eigenvalue weighted by molar-refractivity contribution is 6.35. The highest BCUT2D eigenvalue weighted by atomic mass is 35.5. The number of pyridine rings is 1. The summed E-state index contributed by atoms with van der Waals surface area (Å²) in [4.78, 5) is 17.9. The van der Waals surface area contributed by atoms with Gasteiger partial charge in [-0.2, -0.15) is 0 Å². The Labute approximate surface area is 79.7 Å². The van der Waals surface area contributed by atoms with Crippen molar-refractivity contribution in [3.63, 3.8) is 0 Å². The van der Waals surface area contributed by atoms with Crippen molar-refractivity contribution in [2.24, 2.45) is 0 Å². The van der Waals surface area contributed by atoms with Crippen molar-refractivity contribution in [2.45, 2.75) is 6.92 Å². The maximum Gasteiger partial charge on any atom is 0.175 e. The molecule has 0 aliphatic heterocycles. The molecule has 2 aromatic rings. The molecule has 2 heterocycles. The first-order valence-electron chi connectivity index (χ1n) is 3.81. The number of rotatable bonds is 1. The standard InChI is InChI=1S/C9H7ClN2O/c1-5(13)8-2-6-7(10)3-11-4-9(6)12-8/h2-4,12H,1H3. The SMILES string of the molecule is CC(=O)c1cc2c(Cl)cncc2[nH]1. The summed E-state index contributed by atoms with van der Waals surface area (Å²) in [6.07, 6.45) is 3.20. The fourth-order valence-corrected chi connectivity index (χ4v) is 1.42. The quantitative estimate of drug-likeness (QED) is 0.709. The number of H-pyrrole nitrogens is 1. The molecule has 4 heteroatoms. The van der Waals surface area contributed by atoms with E-state index in [1.807, 2.05) is 0 Å². The lowest BCUT2D eigenvalue weighted by atomic mass is 10.3. The van der Waals surface area contributed by atoms with E-state index in [2.05, 4.69) is 9.97 Å². The molecule has 0 fully saturated rings. The van der Waals surface area contributed by atoms with Gasteiger partial charge in [0.15, 0.2) is 5.78 Å². The Morgan fingerprint density at radius 2 is 2.31 bits per heavy atom. The second-order valence-corrected chi connectivity index (χ2v) is 3.23. The molecule has 0 saturated carbocycles. The van der Waals surface area contributed by atoms with Gasteiger partial charge in [0.25, 0.3) is 0 Å². The number of nitrogens with zero attached hydrogens (tertiary/aromatic N) is 1. The number of halogens is 1. The number of fused-ring (bicyclic) bond motifs is 1.